The third-order valence-corrected chi connectivity index (χ3v) is 4.41. The third kappa shape index (κ3) is 5.06. The summed E-state index contributed by atoms with van der Waals surface area (Å²) in [4.78, 5) is 29.7. The first-order valence-electron chi connectivity index (χ1n) is 7.35. The molecule has 1 aliphatic rings. The van der Waals surface area contributed by atoms with Gasteiger partial charge in [-0.25, -0.2) is 4.57 Å². The van der Waals surface area contributed by atoms with E-state index in [0.717, 1.165) is 12.0 Å². The molecule has 124 valence electrons. The molecule has 0 spiro atoms. The molecule has 23 heavy (non-hydrogen) atoms. The van der Waals surface area contributed by atoms with Crippen LogP contribution in [0.25, 0.3) is 0 Å². The zero-order chi connectivity index (χ0) is 17.0. The van der Waals surface area contributed by atoms with E-state index in [9.17, 15) is 14.5 Å². The summed E-state index contributed by atoms with van der Waals surface area (Å²) in [6.07, 6.45) is 5.74. The Balaban J connectivity index is 2.19. The van der Waals surface area contributed by atoms with Crippen LogP contribution >= 0.6 is 7.75 Å². The summed E-state index contributed by atoms with van der Waals surface area (Å²) in [6, 6.07) is 6.90. The zero-order valence-electron chi connectivity index (χ0n) is 12.7. The van der Waals surface area contributed by atoms with Crippen molar-refractivity contribution >= 4 is 13.5 Å². The van der Waals surface area contributed by atoms with Crippen LogP contribution in [-0.4, -0.2) is 20.7 Å². The van der Waals surface area contributed by atoms with E-state index in [1.54, 1.807) is 18.2 Å². The summed E-state index contributed by atoms with van der Waals surface area (Å²) in [6.45, 7) is 2.02. The Hall–Kier alpha value is -1.88. The molecule has 2 unspecified atom stereocenters. The minimum absolute atomic E-state index is 0.139. The average Bonchev–Trinajstić information content (AvgIpc) is 2.46. The fourth-order valence-electron chi connectivity index (χ4n) is 2.70. The van der Waals surface area contributed by atoms with Crippen molar-refractivity contribution in [2.24, 2.45) is 5.92 Å². The highest BCUT2D eigenvalue weighted by molar-refractivity contribution is 7.49. The molecule has 1 aromatic rings. The van der Waals surface area contributed by atoms with Gasteiger partial charge in [0.2, 0.25) is 0 Å². The standard InChI is InChI=1S/C16H20NO5P/c1-2-11(12-3-6-14(18)7-4-12)9-13-5-8-15(19)10-16(13)17-23(20,21)22/h3-8,10-11,13,18H,2,9H2,1H3,(H3,17,20,21,22). The summed E-state index contributed by atoms with van der Waals surface area (Å²) in [5.41, 5.74) is 1.27. The largest absolute Gasteiger partial charge is 0.508 e. The van der Waals surface area contributed by atoms with Crippen LogP contribution in [0.15, 0.2) is 48.2 Å². The summed E-state index contributed by atoms with van der Waals surface area (Å²) in [7, 11) is -4.47. The highest BCUT2D eigenvalue weighted by atomic mass is 31.2. The molecule has 0 aliphatic heterocycles. The van der Waals surface area contributed by atoms with Gasteiger partial charge in [-0.3, -0.25) is 9.88 Å². The number of allylic oxidation sites excluding steroid dienone is 3. The SMILES string of the molecule is CCC(CC1C=CC(=O)C=C1NP(=O)(O)O)c1ccc(O)cc1. The van der Waals surface area contributed by atoms with Gasteiger partial charge in [-0.1, -0.05) is 25.1 Å². The summed E-state index contributed by atoms with van der Waals surface area (Å²) < 4.78 is 11.2. The highest BCUT2D eigenvalue weighted by Gasteiger charge is 2.25. The molecule has 0 bridgehead atoms. The van der Waals surface area contributed by atoms with E-state index in [-0.39, 0.29) is 29.1 Å². The number of hydrogen-bond donors (Lipinski definition) is 4. The Bertz CT molecular complexity index is 674. The second-order valence-electron chi connectivity index (χ2n) is 5.56. The maximum Gasteiger partial charge on any atom is 0.427 e. The lowest BCUT2D eigenvalue weighted by Crippen LogP contribution is -2.22. The Kier molecular flexibility index (Phi) is 5.42. The Morgan fingerprint density at radius 2 is 1.91 bits per heavy atom. The van der Waals surface area contributed by atoms with Gasteiger partial charge in [0.25, 0.3) is 0 Å². The van der Waals surface area contributed by atoms with Crippen LogP contribution in [0.4, 0.5) is 0 Å². The molecule has 0 heterocycles. The first-order chi connectivity index (χ1) is 10.8. The number of hydrogen-bond acceptors (Lipinski definition) is 3. The number of carbonyl (C=O) groups excluding carboxylic acids is 1. The highest BCUT2D eigenvalue weighted by Crippen LogP contribution is 2.37. The zero-order valence-corrected chi connectivity index (χ0v) is 13.6. The topological polar surface area (TPSA) is 107 Å². The molecule has 4 N–H and O–H groups in total. The fourth-order valence-corrected chi connectivity index (χ4v) is 3.27. The molecule has 0 radical (unpaired) electrons. The summed E-state index contributed by atoms with van der Waals surface area (Å²) in [5.74, 6) is -0.245. The maximum atomic E-state index is 11.5. The number of ketones is 1. The predicted molar refractivity (Wildman–Crippen MR) is 86.7 cm³/mol. The number of benzene rings is 1. The second-order valence-corrected chi connectivity index (χ2v) is 6.87. The van der Waals surface area contributed by atoms with Crippen molar-refractivity contribution in [1.29, 1.82) is 0 Å². The van der Waals surface area contributed by atoms with Gasteiger partial charge < -0.3 is 14.9 Å². The minimum Gasteiger partial charge on any atom is -0.508 e. The molecular formula is C16H20NO5P. The molecule has 0 aromatic heterocycles. The lowest BCUT2D eigenvalue weighted by atomic mass is 9.84. The normalized spacial score (nSPS) is 19.3. The first kappa shape index (κ1) is 17.5. The molecular weight excluding hydrogens is 317 g/mol. The first-order valence-corrected chi connectivity index (χ1v) is 8.96. The van der Waals surface area contributed by atoms with Crippen molar-refractivity contribution in [2.75, 3.05) is 0 Å². The van der Waals surface area contributed by atoms with Crippen molar-refractivity contribution in [3.05, 3.63) is 53.8 Å². The number of aromatic hydroxyl groups is 1. The van der Waals surface area contributed by atoms with Crippen LogP contribution in [0.2, 0.25) is 0 Å². The molecule has 0 saturated carbocycles. The lowest BCUT2D eigenvalue weighted by molar-refractivity contribution is -0.110. The maximum absolute atomic E-state index is 11.5. The molecule has 0 fully saturated rings. The molecule has 2 atom stereocenters. The number of nitrogens with one attached hydrogen (secondary N) is 1. The summed E-state index contributed by atoms with van der Waals surface area (Å²) in [5, 5.41) is 11.5. The van der Waals surface area contributed by atoms with Crippen LogP contribution in [0.5, 0.6) is 5.75 Å². The van der Waals surface area contributed by atoms with Crippen molar-refractivity contribution < 1.29 is 24.3 Å². The van der Waals surface area contributed by atoms with Crippen molar-refractivity contribution in [2.45, 2.75) is 25.7 Å². The predicted octanol–water partition coefficient (Wildman–Crippen LogP) is 2.60. The van der Waals surface area contributed by atoms with E-state index in [0.29, 0.717) is 6.42 Å². The van der Waals surface area contributed by atoms with Crippen LogP contribution in [-0.2, 0) is 9.36 Å². The molecule has 6 nitrogen and oxygen atoms in total. The Morgan fingerprint density at radius 3 is 2.48 bits per heavy atom. The van der Waals surface area contributed by atoms with Gasteiger partial charge in [0.15, 0.2) is 5.78 Å². The second kappa shape index (κ2) is 7.13. The molecule has 2 rings (SSSR count). The Morgan fingerprint density at radius 1 is 1.26 bits per heavy atom. The van der Waals surface area contributed by atoms with Crippen LogP contribution in [0.3, 0.4) is 0 Å². The van der Waals surface area contributed by atoms with E-state index < -0.39 is 7.75 Å². The third-order valence-electron chi connectivity index (χ3n) is 3.86. The van der Waals surface area contributed by atoms with Gasteiger partial charge in [0.05, 0.1) is 0 Å². The van der Waals surface area contributed by atoms with E-state index in [1.165, 1.54) is 12.2 Å². The van der Waals surface area contributed by atoms with Gasteiger partial charge in [0.1, 0.15) is 5.75 Å². The minimum atomic E-state index is -4.47. The van der Waals surface area contributed by atoms with E-state index in [2.05, 4.69) is 5.09 Å². The van der Waals surface area contributed by atoms with Gasteiger partial charge >= 0.3 is 7.75 Å². The van der Waals surface area contributed by atoms with E-state index >= 15 is 0 Å². The number of phenolic OH excluding ortho intramolecular Hbond substituents is 1. The van der Waals surface area contributed by atoms with Crippen LogP contribution in [0, 0.1) is 5.92 Å². The van der Waals surface area contributed by atoms with Gasteiger partial charge in [-0.2, -0.15) is 0 Å². The van der Waals surface area contributed by atoms with Gasteiger partial charge in [-0.05, 0) is 42.5 Å². The fraction of sp³-hybridized carbons (Fsp3) is 0.312. The number of phenols is 1. The van der Waals surface area contributed by atoms with Gasteiger partial charge in [0, 0.05) is 17.7 Å². The van der Waals surface area contributed by atoms with Crippen LogP contribution < -0.4 is 5.09 Å². The average molecular weight is 337 g/mol. The molecule has 0 saturated heterocycles. The number of carbonyl (C=O) groups is 1. The number of rotatable bonds is 6. The van der Waals surface area contributed by atoms with E-state index in [1.807, 2.05) is 19.1 Å². The van der Waals surface area contributed by atoms with Crippen molar-refractivity contribution in [1.82, 2.24) is 5.09 Å². The lowest BCUT2D eigenvalue weighted by Gasteiger charge is -2.25. The van der Waals surface area contributed by atoms with Crippen molar-refractivity contribution in [3.8, 4) is 5.75 Å². The van der Waals surface area contributed by atoms with E-state index in [4.69, 9.17) is 9.79 Å². The molecule has 1 aliphatic carbocycles. The molecule has 0 amide bonds. The monoisotopic (exact) mass is 337 g/mol. The smallest absolute Gasteiger partial charge is 0.427 e. The van der Waals surface area contributed by atoms with Crippen molar-refractivity contribution in [3.63, 3.8) is 0 Å². The molecule has 1 aromatic carbocycles. The van der Waals surface area contributed by atoms with Crippen LogP contribution in [0.1, 0.15) is 31.2 Å². The summed E-state index contributed by atoms with van der Waals surface area (Å²) >= 11 is 0. The quantitative estimate of drug-likeness (QED) is 0.595. The Labute approximate surface area is 134 Å². The van der Waals surface area contributed by atoms with Gasteiger partial charge in [-0.15, -0.1) is 0 Å². The molecule has 7 heteroatoms.